The molecule has 1 N–H and O–H groups in total. The molecule has 2 saturated heterocycles. The van der Waals surface area contributed by atoms with Gasteiger partial charge in [-0.1, -0.05) is 18.2 Å². The average Bonchev–Trinajstić information content (AvgIpc) is 2.84. The molecule has 1 aromatic carbocycles. The zero-order valence-corrected chi connectivity index (χ0v) is 21.5. The number of nitrogens with zero attached hydrogens (tertiary/aromatic N) is 3. The highest BCUT2D eigenvalue weighted by Crippen LogP contribution is 2.26. The second-order valence-corrected chi connectivity index (χ2v) is 8.69. The number of halogens is 1. The molecule has 8 heteroatoms. The van der Waals surface area contributed by atoms with Crippen LogP contribution in [-0.4, -0.2) is 75.4 Å². The van der Waals surface area contributed by atoms with Gasteiger partial charge in [0.2, 0.25) is 5.91 Å². The molecular weight excluding hydrogens is 519 g/mol. The summed E-state index contributed by atoms with van der Waals surface area (Å²) in [5.41, 5.74) is 2.31. The van der Waals surface area contributed by atoms with Gasteiger partial charge in [0.1, 0.15) is 0 Å². The number of ether oxygens (including phenoxy) is 2. The van der Waals surface area contributed by atoms with Crippen molar-refractivity contribution in [2.24, 2.45) is 4.99 Å². The van der Waals surface area contributed by atoms with Crippen molar-refractivity contribution in [2.75, 3.05) is 51.3 Å². The Morgan fingerprint density at radius 2 is 1.97 bits per heavy atom. The molecule has 0 aliphatic carbocycles. The fourth-order valence-corrected chi connectivity index (χ4v) is 4.79. The van der Waals surface area contributed by atoms with E-state index >= 15 is 0 Å². The predicted octanol–water partition coefficient (Wildman–Crippen LogP) is 3.21. The van der Waals surface area contributed by atoms with E-state index in [0.29, 0.717) is 6.61 Å². The first kappa shape index (κ1) is 25.2. The summed E-state index contributed by atoms with van der Waals surface area (Å²) in [7, 11) is 1.78. The van der Waals surface area contributed by atoms with Crippen molar-refractivity contribution in [3.8, 4) is 0 Å². The van der Waals surface area contributed by atoms with E-state index in [1.165, 1.54) is 18.4 Å². The minimum Gasteiger partial charge on any atom is -0.376 e. The van der Waals surface area contributed by atoms with Crippen molar-refractivity contribution in [1.82, 2.24) is 10.2 Å². The van der Waals surface area contributed by atoms with E-state index in [1.54, 1.807) is 7.05 Å². The summed E-state index contributed by atoms with van der Waals surface area (Å²) in [6, 6.07) is 8.21. The van der Waals surface area contributed by atoms with Gasteiger partial charge in [0.15, 0.2) is 5.96 Å². The number of aliphatic imine (C=N–C) groups is 1. The van der Waals surface area contributed by atoms with Crippen LogP contribution in [0.4, 0.5) is 5.69 Å². The largest absolute Gasteiger partial charge is 0.376 e. The zero-order valence-electron chi connectivity index (χ0n) is 19.1. The molecule has 178 valence electrons. The molecule has 3 aliphatic heterocycles. The number of para-hydroxylation sites is 1. The Bertz CT molecular complexity index is 761. The number of guanidine groups is 1. The molecule has 2 fully saturated rings. The highest BCUT2D eigenvalue weighted by molar-refractivity contribution is 14.0. The van der Waals surface area contributed by atoms with Gasteiger partial charge >= 0.3 is 0 Å². The van der Waals surface area contributed by atoms with Crippen molar-refractivity contribution in [3.63, 3.8) is 0 Å². The number of piperidine rings is 1. The minimum absolute atomic E-state index is 0. The lowest BCUT2D eigenvalue weighted by atomic mass is 10.0. The standard InChI is InChI=1S/C24H36N4O3.HI/c1-25-24(26-17-23(29)28-13-6-8-19-7-2-3-10-22(19)28)27-14-11-20(12-15-27)31-18-21-9-4-5-16-30-21;/h2-3,7,10,20-21H,4-6,8-9,11-18H2,1H3,(H,25,26);1H. The van der Waals surface area contributed by atoms with Gasteiger partial charge in [0, 0.05) is 39.0 Å². The Morgan fingerprint density at radius 3 is 2.72 bits per heavy atom. The number of fused-ring (bicyclic) bond motifs is 1. The number of carbonyl (C=O) groups excluding carboxylic acids is 1. The van der Waals surface area contributed by atoms with Crippen molar-refractivity contribution < 1.29 is 14.3 Å². The molecule has 0 spiro atoms. The monoisotopic (exact) mass is 556 g/mol. The second-order valence-electron chi connectivity index (χ2n) is 8.69. The number of amides is 1. The van der Waals surface area contributed by atoms with Crippen LogP contribution in [0.1, 0.15) is 44.1 Å². The molecule has 0 bridgehead atoms. The number of benzene rings is 1. The van der Waals surface area contributed by atoms with Crippen LogP contribution in [0.15, 0.2) is 29.3 Å². The van der Waals surface area contributed by atoms with Crippen molar-refractivity contribution >= 4 is 41.5 Å². The van der Waals surface area contributed by atoms with Crippen molar-refractivity contribution in [1.29, 1.82) is 0 Å². The summed E-state index contributed by atoms with van der Waals surface area (Å²) in [6.07, 6.45) is 8.09. The second kappa shape index (κ2) is 12.7. The van der Waals surface area contributed by atoms with Crippen LogP contribution in [0.5, 0.6) is 0 Å². The van der Waals surface area contributed by atoms with E-state index < -0.39 is 0 Å². The van der Waals surface area contributed by atoms with Gasteiger partial charge in [-0.2, -0.15) is 0 Å². The smallest absolute Gasteiger partial charge is 0.246 e. The molecule has 0 radical (unpaired) electrons. The third kappa shape index (κ3) is 6.57. The molecule has 0 saturated carbocycles. The number of likely N-dealkylation sites (tertiary alicyclic amines) is 1. The van der Waals surface area contributed by atoms with Gasteiger partial charge in [0.05, 0.1) is 25.4 Å². The summed E-state index contributed by atoms with van der Waals surface area (Å²) in [5.74, 6) is 0.895. The third-order valence-corrected chi connectivity index (χ3v) is 6.55. The predicted molar refractivity (Wildman–Crippen MR) is 138 cm³/mol. The Kier molecular flexibility index (Phi) is 10.1. The Balaban J connectivity index is 0.00000289. The number of hydrogen-bond acceptors (Lipinski definition) is 4. The maximum absolute atomic E-state index is 12.9. The van der Waals surface area contributed by atoms with Gasteiger partial charge in [0.25, 0.3) is 0 Å². The first-order valence-corrected chi connectivity index (χ1v) is 11.8. The molecule has 0 aromatic heterocycles. The Hall–Kier alpha value is -1.39. The van der Waals surface area contributed by atoms with E-state index in [1.807, 2.05) is 23.1 Å². The van der Waals surface area contributed by atoms with Gasteiger partial charge in [-0.05, 0) is 56.6 Å². The quantitative estimate of drug-likeness (QED) is 0.343. The van der Waals surface area contributed by atoms with Crippen LogP contribution in [0.2, 0.25) is 0 Å². The van der Waals surface area contributed by atoms with Gasteiger partial charge < -0.3 is 24.6 Å². The molecule has 1 amide bonds. The van der Waals surface area contributed by atoms with Crippen molar-refractivity contribution in [3.05, 3.63) is 29.8 Å². The summed E-state index contributed by atoms with van der Waals surface area (Å²) >= 11 is 0. The van der Waals surface area contributed by atoms with Gasteiger partial charge in [-0.25, -0.2) is 0 Å². The van der Waals surface area contributed by atoms with Crippen LogP contribution in [0, 0.1) is 0 Å². The van der Waals surface area contributed by atoms with Crippen LogP contribution < -0.4 is 10.2 Å². The number of rotatable bonds is 5. The summed E-state index contributed by atoms with van der Waals surface area (Å²) in [4.78, 5) is 21.5. The number of aryl methyl sites for hydroxylation is 1. The van der Waals surface area contributed by atoms with Gasteiger partial charge in [-0.3, -0.25) is 9.79 Å². The molecule has 32 heavy (non-hydrogen) atoms. The van der Waals surface area contributed by atoms with Gasteiger partial charge in [-0.15, -0.1) is 24.0 Å². The number of hydrogen-bond donors (Lipinski definition) is 1. The van der Waals surface area contributed by atoms with E-state index in [2.05, 4.69) is 21.3 Å². The molecule has 7 nitrogen and oxygen atoms in total. The molecule has 1 aromatic rings. The lowest BCUT2D eigenvalue weighted by Gasteiger charge is -2.35. The molecule has 4 rings (SSSR count). The van der Waals surface area contributed by atoms with E-state index in [-0.39, 0.29) is 48.6 Å². The number of anilines is 1. The molecule has 3 heterocycles. The minimum atomic E-state index is 0. The van der Waals surface area contributed by atoms with E-state index in [4.69, 9.17) is 9.47 Å². The Morgan fingerprint density at radius 1 is 1.16 bits per heavy atom. The maximum atomic E-state index is 12.9. The molecular formula is C24H37IN4O3. The van der Waals surface area contributed by atoms with E-state index in [0.717, 1.165) is 70.0 Å². The summed E-state index contributed by atoms with van der Waals surface area (Å²) in [6.45, 7) is 4.40. The SMILES string of the molecule is CN=C(NCC(=O)N1CCCc2ccccc21)N1CCC(OCC2CCCCO2)CC1.I. The first-order chi connectivity index (χ1) is 15.2. The lowest BCUT2D eigenvalue weighted by molar-refractivity contribution is -0.117. The number of carbonyl (C=O) groups is 1. The summed E-state index contributed by atoms with van der Waals surface area (Å²) in [5, 5.41) is 3.29. The first-order valence-electron chi connectivity index (χ1n) is 11.8. The molecule has 1 atom stereocenters. The Labute approximate surface area is 208 Å². The topological polar surface area (TPSA) is 66.4 Å². The van der Waals surface area contributed by atoms with E-state index in [9.17, 15) is 4.79 Å². The maximum Gasteiger partial charge on any atom is 0.246 e. The molecule has 3 aliphatic rings. The third-order valence-electron chi connectivity index (χ3n) is 6.55. The fraction of sp³-hybridized carbons (Fsp3) is 0.667. The number of nitrogens with one attached hydrogen (secondary N) is 1. The van der Waals surface area contributed by atoms with Crippen LogP contribution in [-0.2, 0) is 20.7 Å². The molecule has 1 unspecified atom stereocenters. The average molecular weight is 556 g/mol. The zero-order chi connectivity index (χ0) is 21.5. The summed E-state index contributed by atoms with van der Waals surface area (Å²) < 4.78 is 11.9. The van der Waals surface area contributed by atoms with Crippen LogP contribution >= 0.6 is 24.0 Å². The normalized spacial score (nSPS) is 22.2. The fourth-order valence-electron chi connectivity index (χ4n) is 4.79. The highest BCUT2D eigenvalue weighted by Gasteiger charge is 2.26. The lowest BCUT2D eigenvalue weighted by Crippen LogP contribution is -2.50. The van der Waals surface area contributed by atoms with Crippen molar-refractivity contribution in [2.45, 2.75) is 57.2 Å². The van der Waals surface area contributed by atoms with Crippen LogP contribution in [0.25, 0.3) is 0 Å². The highest BCUT2D eigenvalue weighted by atomic mass is 127. The van der Waals surface area contributed by atoms with Crippen LogP contribution in [0.3, 0.4) is 0 Å².